The summed E-state index contributed by atoms with van der Waals surface area (Å²) >= 11 is -0.326. The molecule has 8 nitrogen and oxygen atoms in total. The molecule has 1 aromatic carbocycles. The fraction of sp³-hybridized carbons (Fsp3) is 0.400. The van der Waals surface area contributed by atoms with Gasteiger partial charge in [0.25, 0.3) is 0 Å². The maximum Gasteiger partial charge on any atom is 0.447 e. The molecule has 1 aliphatic heterocycles. The maximum atomic E-state index is 14.4. The lowest BCUT2D eigenvalue weighted by molar-refractivity contribution is -0.0329. The van der Waals surface area contributed by atoms with Crippen LogP contribution < -0.4 is 20.7 Å². The lowest BCUT2D eigenvalue weighted by Crippen LogP contribution is -2.45. The van der Waals surface area contributed by atoms with E-state index in [2.05, 4.69) is 32.8 Å². The number of ether oxygens (including phenoxy) is 1. The van der Waals surface area contributed by atoms with Gasteiger partial charge in [0.05, 0.1) is 41.7 Å². The lowest BCUT2D eigenvalue weighted by atomic mass is 10.0. The summed E-state index contributed by atoms with van der Waals surface area (Å²) < 4.78 is 85.5. The van der Waals surface area contributed by atoms with Gasteiger partial charge in [-0.15, -0.1) is 0 Å². The van der Waals surface area contributed by atoms with Gasteiger partial charge in [0.15, 0.2) is 15.5 Å². The smallest absolute Gasteiger partial charge is 0.447 e. The number of sulfone groups is 1. The minimum Gasteiger partial charge on any atom is -0.495 e. The van der Waals surface area contributed by atoms with E-state index >= 15 is 0 Å². The van der Waals surface area contributed by atoms with E-state index in [1.807, 2.05) is 0 Å². The molecule has 3 N–H and O–H groups in total. The summed E-state index contributed by atoms with van der Waals surface area (Å²) in [4.78, 5) is 4.48. The van der Waals surface area contributed by atoms with Crippen molar-refractivity contribution in [3.8, 4) is 17.6 Å². The van der Waals surface area contributed by atoms with Gasteiger partial charge in [0.1, 0.15) is 22.6 Å². The molecule has 210 valence electrons. The van der Waals surface area contributed by atoms with E-state index in [0.29, 0.717) is 24.3 Å². The Morgan fingerprint density at radius 3 is 2.77 bits per heavy atom. The molecule has 2 atom stereocenters. The van der Waals surface area contributed by atoms with Crippen molar-refractivity contribution < 1.29 is 30.7 Å². The molecule has 1 saturated heterocycles. The quantitative estimate of drug-likeness (QED) is 0.204. The Labute approximate surface area is 227 Å². The second-order valence-corrected chi connectivity index (χ2v) is 11.9. The van der Waals surface area contributed by atoms with Crippen molar-refractivity contribution in [1.82, 2.24) is 14.7 Å². The van der Waals surface area contributed by atoms with Crippen LogP contribution in [-0.2, 0) is 9.84 Å². The summed E-state index contributed by atoms with van der Waals surface area (Å²) in [5, 5.41) is 8.83. The highest BCUT2D eigenvalue weighted by atomic mass is 32.2. The number of hydrogen-bond acceptors (Lipinski definition) is 8. The van der Waals surface area contributed by atoms with E-state index in [1.165, 1.54) is 35.9 Å². The van der Waals surface area contributed by atoms with Gasteiger partial charge < -0.3 is 20.7 Å². The van der Waals surface area contributed by atoms with Crippen LogP contribution in [0.15, 0.2) is 46.5 Å². The number of fused-ring (bicyclic) bond motifs is 1. The van der Waals surface area contributed by atoms with Gasteiger partial charge in [-0.05, 0) is 43.2 Å². The molecular weight excluding hydrogens is 558 g/mol. The highest BCUT2D eigenvalue weighted by Gasteiger charge is 2.33. The summed E-state index contributed by atoms with van der Waals surface area (Å²) in [6, 6.07) is 7.09. The molecule has 2 aromatic heterocycles. The molecule has 0 saturated carbocycles. The summed E-state index contributed by atoms with van der Waals surface area (Å²) in [7, 11) is -2.03. The highest BCUT2D eigenvalue weighted by molar-refractivity contribution is 8.00. The van der Waals surface area contributed by atoms with E-state index in [9.17, 15) is 26.0 Å². The van der Waals surface area contributed by atoms with Crippen molar-refractivity contribution in [3.05, 3.63) is 42.2 Å². The number of anilines is 2. The Bertz CT molecular complexity index is 1500. The van der Waals surface area contributed by atoms with Crippen LogP contribution in [0.25, 0.3) is 5.65 Å². The molecule has 0 unspecified atom stereocenters. The van der Waals surface area contributed by atoms with Gasteiger partial charge in [-0.25, -0.2) is 17.8 Å². The van der Waals surface area contributed by atoms with E-state index in [-0.39, 0.29) is 57.6 Å². The third-order valence-electron chi connectivity index (χ3n) is 6.05. The first kappa shape index (κ1) is 28.8. The minimum absolute atomic E-state index is 0.0178. The molecule has 14 heteroatoms. The molecule has 0 amide bonds. The molecule has 0 bridgehead atoms. The van der Waals surface area contributed by atoms with E-state index in [4.69, 9.17) is 4.74 Å². The zero-order valence-corrected chi connectivity index (χ0v) is 22.7. The number of hydrogen-bond donors (Lipinski definition) is 3. The molecule has 0 spiro atoms. The number of halogens is 4. The first-order valence-corrected chi connectivity index (χ1v) is 14.5. The van der Waals surface area contributed by atoms with Gasteiger partial charge in [0.2, 0.25) is 0 Å². The van der Waals surface area contributed by atoms with Crippen LogP contribution in [0.3, 0.4) is 0 Å². The molecule has 0 aliphatic carbocycles. The fourth-order valence-electron chi connectivity index (χ4n) is 4.08. The molecule has 3 aromatic rings. The first-order chi connectivity index (χ1) is 18.5. The Morgan fingerprint density at radius 2 is 2.08 bits per heavy atom. The lowest BCUT2D eigenvalue weighted by Gasteiger charge is -2.28. The monoisotopic (exact) mass is 585 g/mol. The fourth-order valence-corrected chi connectivity index (χ4v) is 5.63. The van der Waals surface area contributed by atoms with Crippen molar-refractivity contribution in [2.24, 2.45) is 0 Å². The average Bonchev–Trinajstić information content (AvgIpc) is 3.24. The number of nitrogens with zero attached hydrogens (tertiary/aromatic N) is 2. The van der Waals surface area contributed by atoms with Gasteiger partial charge in [-0.1, -0.05) is 12.8 Å². The number of rotatable bonds is 8. The number of methoxy groups -OCH3 is 1. The van der Waals surface area contributed by atoms with Crippen LogP contribution in [-0.4, -0.2) is 68.0 Å². The largest absolute Gasteiger partial charge is 0.495 e. The summed E-state index contributed by atoms with van der Waals surface area (Å²) in [5.74, 6) is 5.70. The Morgan fingerprint density at radius 1 is 1.28 bits per heavy atom. The van der Waals surface area contributed by atoms with E-state index < -0.39 is 27.6 Å². The number of thioether (sulfide) groups is 1. The molecule has 0 radical (unpaired) electrons. The topological polar surface area (TPSA) is 96.8 Å². The predicted octanol–water partition coefficient (Wildman–Crippen LogP) is 4.32. The summed E-state index contributed by atoms with van der Waals surface area (Å²) in [5.41, 5.74) is -3.57. The normalized spacial score (nSPS) is 17.9. The summed E-state index contributed by atoms with van der Waals surface area (Å²) in [6.07, 6.45) is 0.814. The third-order valence-corrected chi connectivity index (χ3v) is 8.60. The third kappa shape index (κ3) is 6.90. The van der Waals surface area contributed by atoms with Crippen molar-refractivity contribution in [2.75, 3.05) is 43.1 Å². The predicted molar refractivity (Wildman–Crippen MR) is 143 cm³/mol. The van der Waals surface area contributed by atoms with E-state index in [0.717, 1.165) is 0 Å². The van der Waals surface area contributed by atoms with Crippen LogP contribution in [0, 0.1) is 11.8 Å². The number of benzene rings is 1. The van der Waals surface area contributed by atoms with Crippen molar-refractivity contribution >= 4 is 38.6 Å². The van der Waals surface area contributed by atoms with Gasteiger partial charge in [-0.3, -0.25) is 4.40 Å². The first-order valence-electron chi connectivity index (χ1n) is 12.0. The van der Waals surface area contributed by atoms with Crippen LogP contribution >= 0.6 is 11.8 Å². The zero-order chi connectivity index (χ0) is 28.2. The molecule has 39 heavy (non-hydrogen) atoms. The molecule has 1 aliphatic rings. The van der Waals surface area contributed by atoms with Gasteiger partial charge in [-0.2, -0.15) is 13.2 Å². The van der Waals surface area contributed by atoms with Gasteiger partial charge in [0, 0.05) is 30.6 Å². The van der Waals surface area contributed by atoms with E-state index in [1.54, 1.807) is 19.1 Å². The molecular formula is C25H27F4N5O3S2. The van der Waals surface area contributed by atoms with Crippen molar-refractivity contribution in [3.63, 3.8) is 0 Å². The number of pyridine rings is 1. The number of alkyl halides is 4. The average molecular weight is 586 g/mol. The number of piperidine rings is 1. The second kappa shape index (κ2) is 11.9. The number of imidazole rings is 1. The molecule has 3 heterocycles. The van der Waals surface area contributed by atoms with Crippen LogP contribution in [0.2, 0.25) is 0 Å². The maximum absolute atomic E-state index is 14.4. The standard InChI is InChI=1S/C25H27F4N5O3S2/c1-3-39(35,36)16-8-9-19(22(14-16)37-2)31-11-4-6-21-24(38-25(27,28)29)34-13-5-7-20(23(34)33-21)32-18-10-12-30-15-17(18)26/h5,7-9,13-14,17-18,30-32H,3,10-12,15H2,1-2H3/t17-,18+/m0/s1. The Hall–Kier alpha value is -3.15. The molecule has 4 rings (SSSR count). The van der Waals surface area contributed by atoms with Crippen LogP contribution in [0.1, 0.15) is 19.0 Å². The zero-order valence-electron chi connectivity index (χ0n) is 21.1. The molecule has 1 fully saturated rings. The number of nitrogens with one attached hydrogen (secondary N) is 3. The van der Waals surface area contributed by atoms with Crippen LogP contribution in [0.5, 0.6) is 5.75 Å². The minimum atomic E-state index is -4.58. The number of aromatic nitrogens is 2. The SMILES string of the molecule is CCS(=O)(=O)c1ccc(NCC#Cc2nc3c(N[C@@H]4CCNC[C@@H]4F)cccn3c2SC(F)(F)F)c(OC)c1. The summed E-state index contributed by atoms with van der Waals surface area (Å²) in [6.45, 7) is 2.37. The van der Waals surface area contributed by atoms with Gasteiger partial charge >= 0.3 is 5.51 Å². The Balaban J connectivity index is 1.60. The van der Waals surface area contributed by atoms with Crippen molar-refractivity contribution in [1.29, 1.82) is 0 Å². The highest BCUT2D eigenvalue weighted by Crippen LogP contribution is 2.39. The van der Waals surface area contributed by atoms with Crippen molar-refractivity contribution in [2.45, 2.75) is 41.0 Å². The second-order valence-electron chi connectivity index (χ2n) is 8.61. The van der Waals surface area contributed by atoms with Crippen LogP contribution in [0.4, 0.5) is 28.9 Å². The Kier molecular flexibility index (Phi) is 8.83.